The highest BCUT2D eigenvalue weighted by Gasteiger charge is 2.23. The number of benzene rings is 2. The van der Waals surface area contributed by atoms with E-state index in [1.54, 1.807) is 4.90 Å². The predicted molar refractivity (Wildman–Crippen MR) is 110 cm³/mol. The number of carbonyl (C=O) groups excluding carboxylic acids is 1. The molecule has 2 aromatic carbocycles. The molecule has 28 heavy (non-hydrogen) atoms. The molecule has 1 aliphatic rings. The lowest BCUT2D eigenvalue weighted by Gasteiger charge is -2.36. The van der Waals surface area contributed by atoms with Gasteiger partial charge >= 0.3 is 5.97 Å². The lowest BCUT2D eigenvalue weighted by Crippen LogP contribution is -2.48. The Hall–Kier alpha value is -2.09. The number of nitrogens with zero attached hydrogens (tertiary/aromatic N) is 2. The number of piperazine rings is 1. The van der Waals surface area contributed by atoms with Gasteiger partial charge in [0.25, 0.3) is 5.91 Å². The molecule has 0 aromatic heterocycles. The van der Waals surface area contributed by atoms with Crippen LogP contribution in [0, 0.1) is 0 Å². The van der Waals surface area contributed by atoms with Crippen molar-refractivity contribution < 1.29 is 18.9 Å². The molecule has 0 radical (unpaired) electrons. The van der Waals surface area contributed by atoms with Gasteiger partial charge < -0.3 is 14.9 Å². The van der Waals surface area contributed by atoms with Gasteiger partial charge in [0.05, 0.1) is 20.7 Å². The maximum Gasteiger partial charge on any atom is 0.316 e. The first-order valence-corrected chi connectivity index (χ1v) is 10.6. The van der Waals surface area contributed by atoms with Crippen LogP contribution in [-0.2, 0) is 15.6 Å². The molecule has 0 aliphatic carbocycles. The summed E-state index contributed by atoms with van der Waals surface area (Å²) >= 11 is 12.2. The van der Waals surface area contributed by atoms with Crippen LogP contribution < -0.4 is 4.90 Å². The first-order valence-electron chi connectivity index (χ1n) is 8.54. The first-order chi connectivity index (χ1) is 13.3. The van der Waals surface area contributed by atoms with E-state index >= 15 is 0 Å². The van der Waals surface area contributed by atoms with Crippen molar-refractivity contribution in [1.82, 2.24) is 4.90 Å². The fourth-order valence-corrected chi connectivity index (χ4v) is 4.53. The Balaban J connectivity index is 1.66. The van der Waals surface area contributed by atoms with Crippen LogP contribution in [-0.4, -0.2) is 58.0 Å². The summed E-state index contributed by atoms with van der Waals surface area (Å²) in [5.74, 6) is -1.87. The Morgan fingerprint density at radius 3 is 2.36 bits per heavy atom. The Labute approximate surface area is 175 Å². The number of hydrogen-bond donors (Lipinski definition) is 1. The molecule has 2 aromatic rings. The standard InChI is InChI=1S/C19H18Cl2N2O4S/c20-14-2-1-3-15(11-14)22-6-8-23(9-7-22)19(26)13-4-5-17(16(21)10-13)28(27)12-18(24)25/h1-5,10-11H,6-9,12H2,(H,24,25). The number of rotatable bonds is 5. The molecule has 1 amide bonds. The number of amides is 1. The molecule has 3 rings (SSSR count). The van der Waals surface area contributed by atoms with E-state index in [2.05, 4.69) is 4.90 Å². The summed E-state index contributed by atoms with van der Waals surface area (Å²) in [6.07, 6.45) is 0. The third kappa shape index (κ3) is 4.84. The Morgan fingerprint density at radius 1 is 1.04 bits per heavy atom. The highest BCUT2D eigenvalue weighted by Crippen LogP contribution is 2.24. The van der Waals surface area contributed by atoms with E-state index in [0.29, 0.717) is 36.8 Å². The molecular weight excluding hydrogens is 423 g/mol. The van der Waals surface area contributed by atoms with Crippen LogP contribution in [0.4, 0.5) is 5.69 Å². The Bertz CT molecular complexity index is 930. The Morgan fingerprint density at radius 2 is 1.75 bits per heavy atom. The van der Waals surface area contributed by atoms with Crippen molar-refractivity contribution in [1.29, 1.82) is 0 Å². The number of carboxylic acids is 1. The summed E-state index contributed by atoms with van der Waals surface area (Å²) < 4.78 is 12.0. The molecule has 0 spiro atoms. The molecule has 9 heteroatoms. The number of carbonyl (C=O) groups is 2. The Kier molecular flexibility index (Phi) is 6.59. The van der Waals surface area contributed by atoms with Crippen molar-refractivity contribution >= 4 is 51.6 Å². The van der Waals surface area contributed by atoms with E-state index in [1.165, 1.54) is 18.2 Å². The van der Waals surface area contributed by atoms with Crippen molar-refractivity contribution in [2.75, 3.05) is 36.8 Å². The predicted octanol–water partition coefficient (Wildman–Crippen LogP) is 3.15. The van der Waals surface area contributed by atoms with Crippen LogP contribution in [0.3, 0.4) is 0 Å². The SMILES string of the molecule is O=C(O)CS(=O)c1ccc(C(=O)N2CCN(c3cccc(Cl)c3)CC2)cc1Cl. The van der Waals surface area contributed by atoms with Crippen molar-refractivity contribution in [3.05, 3.63) is 58.1 Å². The summed E-state index contributed by atoms with van der Waals surface area (Å²) in [5.41, 5.74) is 1.41. The van der Waals surface area contributed by atoms with E-state index < -0.39 is 22.5 Å². The van der Waals surface area contributed by atoms with E-state index in [9.17, 15) is 13.8 Å². The molecule has 148 valence electrons. The highest BCUT2D eigenvalue weighted by molar-refractivity contribution is 7.85. The van der Waals surface area contributed by atoms with Crippen LogP contribution >= 0.6 is 23.2 Å². The maximum atomic E-state index is 12.8. The second-order valence-corrected chi connectivity index (χ2v) is 8.55. The lowest BCUT2D eigenvalue weighted by atomic mass is 10.1. The number of anilines is 1. The minimum atomic E-state index is -1.75. The molecule has 6 nitrogen and oxygen atoms in total. The fraction of sp³-hybridized carbons (Fsp3) is 0.263. The number of aliphatic carboxylic acids is 1. The zero-order valence-electron chi connectivity index (χ0n) is 14.8. The van der Waals surface area contributed by atoms with Crippen molar-refractivity contribution in [3.8, 4) is 0 Å². The number of halogens is 2. The number of carboxylic acid groups (broad SMARTS) is 1. The molecular formula is C19H18Cl2N2O4S. The summed E-state index contributed by atoms with van der Waals surface area (Å²) in [5, 5.41) is 9.56. The van der Waals surface area contributed by atoms with E-state index in [0.717, 1.165) is 5.69 Å². The third-order valence-electron chi connectivity index (χ3n) is 4.42. The molecule has 1 atom stereocenters. The van der Waals surface area contributed by atoms with Crippen LogP contribution in [0.2, 0.25) is 10.0 Å². The molecule has 1 saturated heterocycles. The number of hydrogen-bond acceptors (Lipinski definition) is 4. The molecule has 1 fully saturated rings. The van der Waals surface area contributed by atoms with E-state index in [-0.39, 0.29) is 15.8 Å². The van der Waals surface area contributed by atoms with Crippen LogP contribution in [0.25, 0.3) is 0 Å². The van der Waals surface area contributed by atoms with Crippen LogP contribution in [0.15, 0.2) is 47.4 Å². The van der Waals surface area contributed by atoms with Gasteiger partial charge in [-0.3, -0.25) is 13.8 Å². The van der Waals surface area contributed by atoms with Gasteiger partial charge in [0, 0.05) is 42.5 Å². The van der Waals surface area contributed by atoms with Gasteiger partial charge in [-0.2, -0.15) is 0 Å². The van der Waals surface area contributed by atoms with E-state index in [1.807, 2.05) is 24.3 Å². The van der Waals surface area contributed by atoms with Gasteiger partial charge in [-0.15, -0.1) is 0 Å². The second kappa shape index (κ2) is 8.94. The third-order valence-corrected chi connectivity index (χ3v) is 6.43. The minimum Gasteiger partial charge on any atom is -0.481 e. The quantitative estimate of drug-likeness (QED) is 0.772. The topological polar surface area (TPSA) is 77.9 Å². The smallest absolute Gasteiger partial charge is 0.316 e. The monoisotopic (exact) mass is 440 g/mol. The molecule has 1 unspecified atom stereocenters. The molecule has 0 bridgehead atoms. The van der Waals surface area contributed by atoms with Gasteiger partial charge in [0.1, 0.15) is 5.75 Å². The lowest BCUT2D eigenvalue weighted by molar-refractivity contribution is -0.133. The van der Waals surface area contributed by atoms with Gasteiger partial charge in [0.15, 0.2) is 0 Å². The van der Waals surface area contributed by atoms with Crippen molar-refractivity contribution in [3.63, 3.8) is 0 Å². The van der Waals surface area contributed by atoms with Gasteiger partial charge in [-0.05, 0) is 36.4 Å². The second-order valence-electron chi connectivity index (χ2n) is 6.29. The van der Waals surface area contributed by atoms with Crippen LogP contribution in [0.5, 0.6) is 0 Å². The summed E-state index contributed by atoms with van der Waals surface area (Å²) in [6.45, 7) is 2.46. The van der Waals surface area contributed by atoms with Gasteiger partial charge in [0.2, 0.25) is 0 Å². The largest absolute Gasteiger partial charge is 0.481 e. The minimum absolute atomic E-state index is 0.128. The fourth-order valence-electron chi connectivity index (χ4n) is 3.03. The van der Waals surface area contributed by atoms with Crippen molar-refractivity contribution in [2.24, 2.45) is 0 Å². The normalized spacial score (nSPS) is 15.4. The van der Waals surface area contributed by atoms with Gasteiger partial charge in [-0.25, -0.2) is 0 Å². The average molecular weight is 441 g/mol. The summed E-state index contributed by atoms with van der Waals surface area (Å²) in [6, 6.07) is 12.0. The first kappa shape index (κ1) is 20.6. The van der Waals surface area contributed by atoms with Gasteiger partial charge in [-0.1, -0.05) is 29.3 Å². The molecule has 1 heterocycles. The highest BCUT2D eigenvalue weighted by atomic mass is 35.5. The summed E-state index contributed by atoms with van der Waals surface area (Å²) in [7, 11) is -1.75. The molecule has 0 saturated carbocycles. The van der Waals surface area contributed by atoms with Crippen molar-refractivity contribution in [2.45, 2.75) is 4.90 Å². The van der Waals surface area contributed by atoms with Crippen LogP contribution in [0.1, 0.15) is 10.4 Å². The van der Waals surface area contributed by atoms with E-state index in [4.69, 9.17) is 28.3 Å². The zero-order valence-corrected chi connectivity index (χ0v) is 17.1. The zero-order chi connectivity index (χ0) is 20.3. The average Bonchev–Trinajstić information content (AvgIpc) is 2.67. The summed E-state index contributed by atoms with van der Waals surface area (Å²) in [4.78, 5) is 27.6. The maximum absolute atomic E-state index is 12.8. The molecule has 1 aliphatic heterocycles. The molecule has 1 N–H and O–H groups in total.